The van der Waals surface area contributed by atoms with E-state index < -0.39 is 61.2 Å². The molecule has 1 fully saturated rings. The van der Waals surface area contributed by atoms with Crippen LogP contribution in [0.3, 0.4) is 0 Å². The zero-order valence-electron chi connectivity index (χ0n) is 23.3. The number of carbonyl (C=O) groups excluding carboxylic acids is 4. The first-order valence-corrected chi connectivity index (χ1v) is 13.7. The molecular weight excluding hydrogens is 568 g/mol. The van der Waals surface area contributed by atoms with Gasteiger partial charge in [-0.25, -0.2) is 19.2 Å². The molecule has 0 radical (unpaired) electrons. The Balaban J connectivity index is 1.46. The minimum absolute atomic E-state index is 0.155. The largest absolute Gasteiger partial charge is 0.459 e. The van der Waals surface area contributed by atoms with Crippen LogP contribution >= 0.6 is 0 Å². The molecule has 44 heavy (non-hydrogen) atoms. The Kier molecular flexibility index (Phi) is 9.75. The number of benzene rings is 4. The van der Waals surface area contributed by atoms with Gasteiger partial charge in [-0.1, -0.05) is 72.8 Å². The summed E-state index contributed by atoms with van der Waals surface area (Å²) in [6, 6.07) is 32.1. The van der Waals surface area contributed by atoms with Gasteiger partial charge in [-0.15, -0.1) is 0 Å². The number of hydrogen-bond acceptors (Lipinski definition) is 10. The third-order valence-corrected chi connectivity index (χ3v) is 6.74. The van der Waals surface area contributed by atoms with Crippen LogP contribution in [0.4, 0.5) is 0 Å². The normalized spacial score (nSPS) is 21.0. The molecule has 1 unspecified atom stereocenters. The van der Waals surface area contributed by atoms with Crippen LogP contribution in [0.2, 0.25) is 0 Å². The maximum atomic E-state index is 13.2. The van der Waals surface area contributed by atoms with Gasteiger partial charge in [0.2, 0.25) is 12.4 Å². The van der Waals surface area contributed by atoms with Gasteiger partial charge in [0.05, 0.1) is 22.3 Å². The second-order valence-electron chi connectivity index (χ2n) is 9.74. The van der Waals surface area contributed by atoms with Gasteiger partial charge < -0.3 is 28.8 Å². The van der Waals surface area contributed by atoms with E-state index in [-0.39, 0.29) is 22.3 Å². The van der Waals surface area contributed by atoms with Crippen LogP contribution in [0.5, 0.6) is 0 Å². The molecule has 0 aromatic heterocycles. The number of hydrogen-bond donors (Lipinski definition) is 1. The minimum Gasteiger partial charge on any atom is -0.459 e. The first-order valence-electron chi connectivity index (χ1n) is 13.7. The maximum Gasteiger partial charge on any atom is 0.340 e. The van der Waals surface area contributed by atoms with Crippen molar-refractivity contribution in [3.63, 3.8) is 0 Å². The van der Waals surface area contributed by atoms with E-state index in [9.17, 15) is 24.3 Å². The van der Waals surface area contributed by atoms with Crippen LogP contribution in [-0.2, 0) is 23.7 Å². The number of rotatable bonds is 9. The van der Waals surface area contributed by atoms with Gasteiger partial charge in [0.15, 0.2) is 6.10 Å². The number of aliphatic hydroxyl groups is 1. The van der Waals surface area contributed by atoms with E-state index in [2.05, 4.69) is 0 Å². The fraction of sp³-hybridized carbons (Fsp3) is 0.176. The lowest BCUT2D eigenvalue weighted by atomic mass is 9.98. The summed E-state index contributed by atoms with van der Waals surface area (Å²) >= 11 is 0. The zero-order valence-corrected chi connectivity index (χ0v) is 23.3. The first kappa shape index (κ1) is 30.1. The lowest BCUT2D eigenvalue weighted by Gasteiger charge is -2.42. The first-order chi connectivity index (χ1) is 21.4. The molecule has 4 aromatic rings. The van der Waals surface area contributed by atoms with Gasteiger partial charge >= 0.3 is 23.9 Å². The summed E-state index contributed by atoms with van der Waals surface area (Å²) in [5, 5.41) is 11.4. The Hall–Kier alpha value is -5.32. The Morgan fingerprint density at radius 1 is 0.523 bits per heavy atom. The Labute approximate surface area is 252 Å². The molecule has 10 heteroatoms. The lowest BCUT2D eigenvalue weighted by molar-refractivity contribution is -0.283. The standard InChI is InChI=1S/C34H28O10/c35-27-26(21-40-30(36)22-13-5-1-6-14-22)41-34(44-33(39)25-19-11-4-12-20-25)29(43-32(38)24-17-9-3-10-18-24)28(27)42-31(37)23-15-7-2-8-16-23/h1-20,26-29,34-35H,21H2/t26-,27-,28+,29-,34?/m1/s1. The van der Waals surface area contributed by atoms with Gasteiger partial charge in [0.25, 0.3) is 0 Å². The monoisotopic (exact) mass is 596 g/mol. The van der Waals surface area contributed by atoms with Gasteiger partial charge in [-0.3, -0.25) is 0 Å². The quantitative estimate of drug-likeness (QED) is 0.221. The summed E-state index contributed by atoms with van der Waals surface area (Å²) in [5.41, 5.74) is 0.734. The molecular formula is C34H28O10. The summed E-state index contributed by atoms with van der Waals surface area (Å²) in [5.74, 6) is -3.22. The Morgan fingerprint density at radius 2 is 0.886 bits per heavy atom. The van der Waals surface area contributed by atoms with Crippen molar-refractivity contribution in [1.29, 1.82) is 0 Å². The summed E-state index contributed by atoms with van der Waals surface area (Å²) in [6.07, 6.45) is -7.91. The molecule has 0 amide bonds. The van der Waals surface area contributed by atoms with Crippen LogP contribution < -0.4 is 0 Å². The molecule has 1 heterocycles. The van der Waals surface area contributed by atoms with Crippen molar-refractivity contribution in [2.24, 2.45) is 0 Å². The summed E-state index contributed by atoms with van der Waals surface area (Å²) in [6.45, 7) is -0.507. The third-order valence-electron chi connectivity index (χ3n) is 6.74. The molecule has 0 bridgehead atoms. The van der Waals surface area contributed by atoms with E-state index in [4.69, 9.17) is 23.7 Å². The SMILES string of the molecule is O=C(OC[C@H]1OC(OC(=O)c2ccccc2)[C@H](OC(=O)c2ccccc2)[C@@H](OC(=O)c2ccccc2)[C@@H]1O)c1ccccc1. The molecule has 1 N–H and O–H groups in total. The molecule has 224 valence electrons. The van der Waals surface area contributed by atoms with Crippen molar-refractivity contribution in [2.45, 2.75) is 30.7 Å². The number of esters is 4. The average molecular weight is 597 g/mol. The van der Waals surface area contributed by atoms with Gasteiger partial charge in [0.1, 0.15) is 18.8 Å². The number of aliphatic hydroxyl groups excluding tert-OH is 1. The van der Waals surface area contributed by atoms with Crippen molar-refractivity contribution >= 4 is 23.9 Å². The van der Waals surface area contributed by atoms with Crippen LogP contribution in [0.15, 0.2) is 121 Å². The van der Waals surface area contributed by atoms with Crippen molar-refractivity contribution in [1.82, 2.24) is 0 Å². The molecule has 0 aliphatic carbocycles. The molecule has 5 rings (SSSR count). The Morgan fingerprint density at radius 3 is 1.32 bits per heavy atom. The van der Waals surface area contributed by atoms with E-state index in [0.717, 1.165) is 0 Å². The fourth-order valence-electron chi connectivity index (χ4n) is 4.48. The van der Waals surface area contributed by atoms with Gasteiger partial charge in [-0.05, 0) is 48.5 Å². The van der Waals surface area contributed by atoms with Crippen molar-refractivity contribution < 1.29 is 48.0 Å². The highest BCUT2D eigenvalue weighted by Gasteiger charge is 2.52. The van der Waals surface area contributed by atoms with Gasteiger partial charge in [-0.2, -0.15) is 0 Å². The predicted octanol–water partition coefficient (Wildman–Crippen LogP) is 4.24. The molecule has 4 aromatic carbocycles. The van der Waals surface area contributed by atoms with E-state index in [1.54, 1.807) is 84.9 Å². The lowest BCUT2D eigenvalue weighted by Crippen LogP contribution is -2.62. The third kappa shape index (κ3) is 7.35. The van der Waals surface area contributed by atoms with Gasteiger partial charge in [0, 0.05) is 0 Å². The van der Waals surface area contributed by atoms with Crippen molar-refractivity contribution in [2.75, 3.05) is 6.61 Å². The van der Waals surface area contributed by atoms with E-state index >= 15 is 0 Å². The molecule has 0 spiro atoms. The highest BCUT2D eigenvalue weighted by atomic mass is 16.7. The zero-order chi connectivity index (χ0) is 30.9. The van der Waals surface area contributed by atoms with E-state index in [1.165, 1.54) is 36.4 Å². The highest BCUT2D eigenvalue weighted by molar-refractivity contribution is 5.91. The Bertz CT molecular complexity index is 1560. The molecule has 5 atom stereocenters. The number of ether oxygens (including phenoxy) is 5. The fourth-order valence-corrected chi connectivity index (χ4v) is 4.48. The molecule has 0 saturated carbocycles. The predicted molar refractivity (Wildman–Crippen MR) is 155 cm³/mol. The van der Waals surface area contributed by atoms with Crippen LogP contribution in [0, 0.1) is 0 Å². The summed E-state index contributed by atoms with van der Waals surface area (Å²) < 4.78 is 28.3. The van der Waals surface area contributed by atoms with E-state index in [0.29, 0.717) is 0 Å². The van der Waals surface area contributed by atoms with E-state index in [1.807, 2.05) is 0 Å². The molecule has 10 nitrogen and oxygen atoms in total. The molecule has 1 aliphatic heterocycles. The maximum absolute atomic E-state index is 13.2. The number of carbonyl (C=O) groups is 4. The second-order valence-corrected chi connectivity index (χ2v) is 9.74. The van der Waals surface area contributed by atoms with Crippen LogP contribution in [0.25, 0.3) is 0 Å². The summed E-state index contributed by atoms with van der Waals surface area (Å²) in [4.78, 5) is 52.1. The smallest absolute Gasteiger partial charge is 0.340 e. The van der Waals surface area contributed by atoms with Crippen molar-refractivity contribution in [3.8, 4) is 0 Å². The summed E-state index contributed by atoms with van der Waals surface area (Å²) in [7, 11) is 0. The molecule has 1 saturated heterocycles. The highest BCUT2D eigenvalue weighted by Crippen LogP contribution is 2.30. The van der Waals surface area contributed by atoms with Crippen LogP contribution in [0.1, 0.15) is 41.4 Å². The van der Waals surface area contributed by atoms with Crippen LogP contribution in [-0.4, -0.2) is 66.3 Å². The van der Waals surface area contributed by atoms with Crippen molar-refractivity contribution in [3.05, 3.63) is 144 Å². The average Bonchev–Trinajstić information content (AvgIpc) is 3.08. The minimum atomic E-state index is -1.67. The molecule has 1 aliphatic rings. The second kappa shape index (κ2) is 14.2. The topological polar surface area (TPSA) is 135 Å².